The molecule has 2 aromatic rings. The van der Waals surface area contributed by atoms with E-state index in [9.17, 15) is 19.2 Å². The van der Waals surface area contributed by atoms with Gasteiger partial charge < -0.3 is 25.6 Å². The zero-order valence-corrected chi connectivity index (χ0v) is 24.7. The summed E-state index contributed by atoms with van der Waals surface area (Å²) in [5.41, 5.74) is 3.03. The number of hydrogen-bond donors (Lipinski definition) is 3. The number of carbonyl (C=O) groups is 4. The molecule has 0 saturated heterocycles. The molecule has 4 rings (SSSR count). The standard InChI is InChI=1S/C32H42N4O5/c1-20-14-15-24-25(21-10-7-6-8-11-21)18-26(29(38)36(27(24)16-20)19-28(37)35-32(2,3)4)34-31(40)33-23-13-9-12-22(17-23)30(39)41-5/h9,12-17,21,25-26H,6-8,10-11,18-19H2,1-5H3,(H,35,37)(H2,33,34,40)/t25-,26-/m1/s1. The summed E-state index contributed by atoms with van der Waals surface area (Å²) < 4.78 is 4.78. The summed E-state index contributed by atoms with van der Waals surface area (Å²) in [4.78, 5) is 54.0. The second-order valence-electron chi connectivity index (χ2n) is 12.2. The quantitative estimate of drug-likeness (QED) is 0.414. The Balaban J connectivity index is 1.66. The molecule has 0 radical (unpaired) electrons. The summed E-state index contributed by atoms with van der Waals surface area (Å²) in [7, 11) is 1.29. The molecule has 0 aromatic heterocycles. The minimum Gasteiger partial charge on any atom is -0.465 e. The Morgan fingerprint density at radius 1 is 1.02 bits per heavy atom. The van der Waals surface area contributed by atoms with Crippen molar-refractivity contribution in [2.45, 2.75) is 83.7 Å². The van der Waals surface area contributed by atoms with E-state index < -0.39 is 23.6 Å². The molecule has 1 fully saturated rings. The third-order valence-corrected chi connectivity index (χ3v) is 7.81. The number of amides is 4. The van der Waals surface area contributed by atoms with E-state index >= 15 is 0 Å². The number of ether oxygens (including phenoxy) is 1. The van der Waals surface area contributed by atoms with Crippen LogP contribution in [0.25, 0.3) is 0 Å². The van der Waals surface area contributed by atoms with Crippen molar-refractivity contribution in [3.8, 4) is 0 Å². The van der Waals surface area contributed by atoms with E-state index in [0.29, 0.717) is 23.6 Å². The normalized spacial score (nSPS) is 19.5. The molecule has 1 heterocycles. The molecule has 2 aliphatic rings. The van der Waals surface area contributed by atoms with Crippen molar-refractivity contribution in [1.29, 1.82) is 0 Å². The summed E-state index contributed by atoms with van der Waals surface area (Å²) >= 11 is 0. The van der Waals surface area contributed by atoms with Crippen molar-refractivity contribution < 1.29 is 23.9 Å². The van der Waals surface area contributed by atoms with Crippen LogP contribution in [0.3, 0.4) is 0 Å². The highest BCUT2D eigenvalue weighted by Gasteiger charge is 2.40. The van der Waals surface area contributed by atoms with E-state index in [2.05, 4.69) is 28.1 Å². The number of rotatable bonds is 6. The minimum absolute atomic E-state index is 0.0541. The molecule has 2 atom stereocenters. The van der Waals surface area contributed by atoms with Gasteiger partial charge in [0.25, 0.3) is 0 Å². The highest BCUT2D eigenvalue weighted by Crippen LogP contribution is 2.44. The lowest BCUT2D eigenvalue weighted by Gasteiger charge is -2.32. The fraction of sp³-hybridized carbons (Fsp3) is 0.500. The molecule has 0 spiro atoms. The van der Waals surface area contributed by atoms with Crippen LogP contribution in [0, 0.1) is 12.8 Å². The fourth-order valence-electron chi connectivity index (χ4n) is 6.02. The Bertz CT molecular complexity index is 1300. The van der Waals surface area contributed by atoms with E-state index in [1.54, 1.807) is 18.2 Å². The molecule has 0 bridgehead atoms. The van der Waals surface area contributed by atoms with E-state index in [1.807, 2.05) is 33.8 Å². The first-order chi connectivity index (χ1) is 19.4. The van der Waals surface area contributed by atoms with Gasteiger partial charge in [0.2, 0.25) is 11.8 Å². The topological polar surface area (TPSA) is 117 Å². The predicted octanol–water partition coefficient (Wildman–Crippen LogP) is 5.29. The van der Waals surface area contributed by atoms with Crippen LogP contribution in [0.1, 0.15) is 86.7 Å². The minimum atomic E-state index is -0.846. The number of esters is 1. The predicted molar refractivity (Wildman–Crippen MR) is 159 cm³/mol. The number of nitrogens with zero attached hydrogens (tertiary/aromatic N) is 1. The Kier molecular flexibility index (Phi) is 9.35. The highest BCUT2D eigenvalue weighted by molar-refractivity contribution is 6.05. The zero-order chi connectivity index (χ0) is 29.7. The smallest absolute Gasteiger partial charge is 0.337 e. The SMILES string of the molecule is COC(=O)c1cccc(NC(=O)N[C@@H]2C[C@H](C3CCCCC3)c3ccc(C)cc3N(CC(=O)NC(C)(C)C)C2=O)c1. The third-order valence-electron chi connectivity index (χ3n) is 7.81. The van der Waals surface area contributed by atoms with Gasteiger partial charge in [-0.3, -0.25) is 9.59 Å². The van der Waals surface area contributed by atoms with Gasteiger partial charge in [0.05, 0.1) is 12.7 Å². The average Bonchev–Trinajstić information content (AvgIpc) is 3.02. The number of nitrogens with one attached hydrogen (secondary N) is 3. The van der Waals surface area contributed by atoms with Crippen molar-refractivity contribution in [3.05, 3.63) is 59.2 Å². The molecule has 0 unspecified atom stereocenters. The zero-order valence-electron chi connectivity index (χ0n) is 24.7. The molecule has 41 heavy (non-hydrogen) atoms. The van der Waals surface area contributed by atoms with Crippen LogP contribution in [0.4, 0.5) is 16.2 Å². The average molecular weight is 563 g/mol. The summed E-state index contributed by atoms with van der Waals surface area (Å²) in [5.74, 6) is -0.667. The molecular weight excluding hydrogens is 520 g/mol. The lowest BCUT2D eigenvalue weighted by atomic mass is 9.74. The number of methoxy groups -OCH3 is 1. The van der Waals surface area contributed by atoms with Crippen LogP contribution in [0.2, 0.25) is 0 Å². The van der Waals surface area contributed by atoms with E-state index in [1.165, 1.54) is 24.5 Å². The van der Waals surface area contributed by atoms with Crippen LogP contribution < -0.4 is 20.9 Å². The van der Waals surface area contributed by atoms with Gasteiger partial charge in [-0.15, -0.1) is 0 Å². The molecule has 4 amide bonds. The van der Waals surface area contributed by atoms with Crippen molar-refractivity contribution in [1.82, 2.24) is 10.6 Å². The molecular formula is C32H42N4O5. The molecule has 9 heteroatoms. The Labute approximate surface area is 242 Å². The maximum Gasteiger partial charge on any atom is 0.337 e. The third kappa shape index (κ3) is 7.65. The van der Waals surface area contributed by atoms with Gasteiger partial charge in [-0.05, 0) is 94.2 Å². The number of anilines is 2. The van der Waals surface area contributed by atoms with E-state index in [4.69, 9.17) is 4.74 Å². The van der Waals surface area contributed by atoms with Gasteiger partial charge in [0.1, 0.15) is 12.6 Å². The van der Waals surface area contributed by atoms with Crippen LogP contribution in [0.15, 0.2) is 42.5 Å². The molecule has 1 aliphatic carbocycles. The maximum absolute atomic E-state index is 14.2. The number of carbonyl (C=O) groups excluding carboxylic acids is 4. The monoisotopic (exact) mass is 562 g/mol. The molecule has 3 N–H and O–H groups in total. The maximum atomic E-state index is 14.2. The first kappa shape index (κ1) is 30.1. The van der Waals surface area contributed by atoms with Crippen LogP contribution in [-0.4, -0.2) is 49.1 Å². The molecule has 2 aromatic carbocycles. The Morgan fingerprint density at radius 2 is 1.76 bits per heavy atom. The summed E-state index contributed by atoms with van der Waals surface area (Å²) in [6.07, 6.45) is 6.06. The van der Waals surface area contributed by atoms with Crippen LogP contribution in [-0.2, 0) is 14.3 Å². The number of hydrogen-bond acceptors (Lipinski definition) is 5. The first-order valence-electron chi connectivity index (χ1n) is 14.4. The number of aryl methyl sites for hydroxylation is 1. The highest BCUT2D eigenvalue weighted by atomic mass is 16.5. The van der Waals surface area contributed by atoms with Gasteiger partial charge in [-0.1, -0.05) is 37.5 Å². The Hall–Kier alpha value is -3.88. The first-order valence-corrected chi connectivity index (χ1v) is 14.4. The largest absolute Gasteiger partial charge is 0.465 e. The van der Waals surface area contributed by atoms with Crippen molar-refractivity contribution >= 4 is 35.2 Å². The molecule has 220 valence electrons. The van der Waals surface area contributed by atoms with Gasteiger partial charge in [-0.2, -0.15) is 0 Å². The number of urea groups is 1. The number of fused-ring (bicyclic) bond motifs is 1. The van der Waals surface area contributed by atoms with E-state index in [-0.39, 0.29) is 24.3 Å². The van der Waals surface area contributed by atoms with Gasteiger partial charge in [0.15, 0.2) is 0 Å². The molecule has 1 aliphatic heterocycles. The van der Waals surface area contributed by atoms with Crippen LogP contribution in [0.5, 0.6) is 0 Å². The second kappa shape index (κ2) is 12.7. The Morgan fingerprint density at radius 3 is 2.44 bits per heavy atom. The molecule has 9 nitrogen and oxygen atoms in total. The van der Waals surface area contributed by atoms with Crippen molar-refractivity contribution in [3.63, 3.8) is 0 Å². The lowest BCUT2D eigenvalue weighted by molar-refractivity contribution is -0.125. The summed E-state index contributed by atoms with van der Waals surface area (Å²) in [6, 6.07) is 11.1. The lowest BCUT2D eigenvalue weighted by Crippen LogP contribution is -2.53. The summed E-state index contributed by atoms with van der Waals surface area (Å²) in [6.45, 7) is 7.53. The van der Waals surface area contributed by atoms with Crippen molar-refractivity contribution in [2.75, 3.05) is 23.9 Å². The number of benzene rings is 2. The van der Waals surface area contributed by atoms with Gasteiger partial charge in [-0.25, -0.2) is 9.59 Å². The fourth-order valence-corrected chi connectivity index (χ4v) is 6.02. The van der Waals surface area contributed by atoms with Gasteiger partial charge in [0, 0.05) is 16.9 Å². The van der Waals surface area contributed by atoms with Crippen molar-refractivity contribution in [2.24, 2.45) is 5.92 Å². The van der Waals surface area contributed by atoms with Gasteiger partial charge >= 0.3 is 12.0 Å². The summed E-state index contributed by atoms with van der Waals surface area (Å²) in [5, 5.41) is 8.62. The molecule has 1 saturated carbocycles. The van der Waals surface area contributed by atoms with Crippen LogP contribution >= 0.6 is 0 Å². The second-order valence-corrected chi connectivity index (χ2v) is 12.2. The van der Waals surface area contributed by atoms with E-state index in [0.717, 1.165) is 42.5 Å².